The van der Waals surface area contributed by atoms with Gasteiger partial charge in [0.15, 0.2) is 9.84 Å². The first-order valence-corrected chi connectivity index (χ1v) is 6.10. The molecule has 1 rings (SSSR count). The van der Waals surface area contributed by atoms with E-state index in [1.54, 1.807) is 24.3 Å². The molecule has 0 unspecified atom stereocenters. The van der Waals surface area contributed by atoms with Gasteiger partial charge in [-0.05, 0) is 26.2 Å². The smallest absolute Gasteiger partial charge is 0.179 e. The Morgan fingerprint density at radius 2 is 1.71 bits per heavy atom. The van der Waals surface area contributed by atoms with Gasteiger partial charge in [-0.15, -0.1) is 0 Å². The molecular weight excluding hydrogens is 198 g/mol. The summed E-state index contributed by atoms with van der Waals surface area (Å²) >= 11 is 0. The predicted octanol–water partition coefficient (Wildman–Crippen LogP) is 1.02. The number of hydrogen-bond acceptors (Lipinski definition) is 3. The van der Waals surface area contributed by atoms with Crippen LogP contribution in [0.3, 0.4) is 0 Å². The minimum atomic E-state index is -3.10. The molecule has 3 nitrogen and oxygen atoms in total. The summed E-state index contributed by atoms with van der Waals surface area (Å²) in [5, 5.41) is 0. The Labute approximate surface area is 85.3 Å². The minimum Gasteiger partial charge on any atom is -0.308 e. The Kier molecular flexibility index (Phi) is 3.66. The van der Waals surface area contributed by atoms with Gasteiger partial charge >= 0.3 is 0 Å². The zero-order valence-corrected chi connectivity index (χ0v) is 9.29. The molecule has 0 heterocycles. The molecule has 0 saturated carbocycles. The van der Waals surface area contributed by atoms with Crippen molar-refractivity contribution in [3.05, 3.63) is 30.3 Å². The van der Waals surface area contributed by atoms with Crippen molar-refractivity contribution in [3.8, 4) is 0 Å². The van der Waals surface area contributed by atoms with E-state index in [0.29, 0.717) is 11.4 Å². The molecule has 0 spiro atoms. The first-order chi connectivity index (χ1) is 6.52. The second kappa shape index (κ2) is 4.57. The van der Waals surface area contributed by atoms with Gasteiger partial charge in [-0.1, -0.05) is 18.2 Å². The van der Waals surface area contributed by atoms with Crippen molar-refractivity contribution in [3.63, 3.8) is 0 Å². The normalized spacial score (nSPS) is 11.9. The molecule has 1 aromatic carbocycles. The largest absolute Gasteiger partial charge is 0.308 e. The fraction of sp³-hybridized carbons (Fsp3) is 0.400. The number of sulfone groups is 1. The molecule has 0 amide bonds. The van der Waals surface area contributed by atoms with Gasteiger partial charge < -0.3 is 4.90 Å². The maximum atomic E-state index is 11.7. The van der Waals surface area contributed by atoms with E-state index < -0.39 is 9.84 Å². The van der Waals surface area contributed by atoms with Crippen LogP contribution in [0.5, 0.6) is 0 Å². The van der Waals surface area contributed by atoms with Gasteiger partial charge in [0.25, 0.3) is 0 Å². The molecule has 0 aliphatic heterocycles. The standard InChI is InChI=1S/C10H15NO2S/c1-11(2)8-9-14(12,13)10-6-4-3-5-7-10/h3-7H,8-9H2,1-2H3. The summed E-state index contributed by atoms with van der Waals surface area (Å²) in [6.07, 6.45) is 0. The van der Waals surface area contributed by atoms with E-state index in [4.69, 9.17) is 0 Å². The van der Waals surface area contributed by atoms with E-state index in [2.05, 4.69) is 0 Å². The molecule has 0 radical (unpaired) electrons. The molecule has 4 heteroatoms. The summed E-state index contributed by atoms with van der Waals surface area (Å²) in [5.41, 5.74) is 0. The molecule has 0 atom stereocenters. The Balaban J connectivity index is 2.77. The third kappa shape index (κ3) is 3.12. The zero-order chi connectivity index (χ0) is 10.6. The third-order valence-corrected chi connectivity index (χ3v) is 3.62. The van der Waals surface area contributed by atoms with Crippen molar-refractivity contribution < 1.29 is 8.42 Å². The molecule has 14 heavy (non-hydrogen) atoms. The summed E-state index contributed by atoms with van der Waals surface area (Å²) in [4.78, 5) is 2.27. The predicted molar refractivity (Wildman–Crippen MR) is 57.0 cm³/mol. The zero-order valence-electron chi connectivity index (χ0n) is 8.47. The van der Waals surface area contributed by atoms with E-state index in [9.17, 15) is 8.42 Å². The van der Waals surface area contributed by atoms with Gasteiger partial charge in [-0.3, -0.25) is 0 Å². The second-order valence-electron chi connectivity index (χ2n) is 3.44. The lowest BCUT2D eigenvalue weighted by Crippen LogP contribution is -2.21. The van der Waals surface area contributed by atoms with Crippen LogP contribution in [0.15, 0.2) is 35.2 Å². The van der Waals surface area contributed by atoms with Crippen LogP contribution in [-0.4, -0.2) is 39.7 Å². The maximum Gasteiger partial charge on any atom is 0.179 e. The van der Waals surface area contributed by atoms with Gasteiger partial charge in [0.1, 0.15) is 0 Å². The summed E-state index contributed by atoms with van der Waals surface area (Å²) in [7, 11) is 0.626. The molecule has 0 aliphatic rings. The van der Waals surface area contributed by atoms with Crippen LogP contribution in [0.25, 0.3) is 0 Å². The molecule has 0 bridgehead atoms. The Bertz CT molecular complexity index is 370. The third-order valence-electron chi connectivity index (χ3n) is 1.91. The lowest BCUT2D eigenvalue weighted by molar-refractivity contribution is 0.432. The molecule has 0 aliphatic carbocycles. The Morgan fingerprint density at radius 1 is 1.14 bits per heavy atom. The van der Waals surface area contributed by atoms with Gasteiger partial charge in [-0.2, -0.15) is 0 Å². The van der Waals surface area contributed by atoms with Crippen LogP contribution in [0.2, 0.25) is 0 Å². The lowest BCUT2D eigenvalue weighted by Gasteiger charge is -2.09. The highest BCUT2D eigenvalue weighted by Gasteiger charge is 2.13. The van der Waals surface area contributed by atoms with Crippen molar-refractivity contribution in [2.75, 3.05) is 26.4 Å². The molecule has 0 fully saturated rings. The molecule has 0 N–H and O–H groups in total. The Hall–Kier alpha value is -0.870. The van der Waals surface area contributed by atoms with Crippen molar-refractivity contribution in [1.29, 1.82) is 0 Å². The van der Waals surface area contributed by atoms with Crippen LogP contribution in [-0.2, 0) is 9.84 Å². The summed E-state index contributed by atoms with van der Waals surface area (Å²) < 4.78 is 23.4. The maximum absolute atomic E-state index is 11.7. The van der Waals surface area contributed by atoms with Gasteiger partial charge in [0, 0.05) is 6.54 Å². The monoisotopic (exact) mass is 213 g/mol. The fourth-order valence-corrected chi connectivity index (χ4v) is 2.46. The van der Waals surface area contributed by atoms with Crippen molar-refractivity contribution in [2.24, 2.45) is 0 Å². The van der Waals surface area contributed by atoms with Crippen LogP contribution in [0, 0.1) is 0 Å². The van der Waals surface area contributed by atoms with Crippen LogP contribution >= 0.6 is 0 Å². The number of hydrogen-bond donors (Lipinski definition) is 0. The van der Waals surface area contributed by atoms with E-state index in [1.165, 1.54) is 0 Å². The average Bonchev–Trinajstić information content (AvgIpc) is 2.16. The van der Waals surface area contributed by atoms with E-state index >= 15 is 0 Å². The fourth-order valence-electron chi connectivity index (χ4n) is 1.05. The topological polar surface area (TPSA) is 37.4 Å². The van der Waals surface area contributed by atoms with Crippen molar-refractivity contribution in [1.82, 2.24) is 4.90 Å². The second-order valence-corrected chi connectivity index (χ2v) is 5.54. The molecule has 0 aromatic heterocycles. The highest BCUT2D eigenvalue weighted by atomic mass is 32.2. The first-order valence-electron chi connectivity index (χ1n) is 4.45. The van der Waals surface area contributed by atoms with Gasteiger partial charge in [0.2, 0.25) is 0 Å². The number of rotatable bonds is 4. The lowest BCUT2D eigenvalue weighted by atomic mass is 10.4. The van der Waals surface area contributed by atoms with Gasteiger partial charge in [-0.25, -0.2) is 8.42 Å². The summed E-state index contributed by atoms with van der Waals surface area (Å²) in [6, 6.07) is 8.55. The molecule has 78 valence electrons. The van der Waals surface area contributed by atoms with Crippen LogP contribution < -0.4 is 0 Å². The molecule has 1 aromatic rings. The summed E-state index contributed by atoms with van der Waals surface area (Å²) in [5.74, 6) is 0.171. The highest BCUT2D eigenvalue weighted by Crippen LogP contribution is 2.09. The SMILES string of the molecule is CN(C)CCS(=O)(=O)c1ccccc1. The first kappa shape index (κ1) is 11.2. The van der Waals surface area contributed by atoms with E-state index in [1.807, 2.05) is 25.1 Å². The quantitative estimate of drug-likeness (QED) is 0.749. The Morgan fingerprint density at radius 3 is 2.21 bits per heavy atom. The van der Waals surface area contributed by atoms with Crippen molar-refractivity contribution in [2.45, 2.75) is 4.90 Å². The number of nitrogens with zero attached hydrogens (tertiary/aromatic N) is 1. The molecule has 0 saturated heterocycles. The minimum absolute atomic E-state index is 0.171. The van der Waals surface area contributed by atoms with Crippen molar-refractivity contribution >= 4 is 9.84 Å². The van der Waals surface area contributed by atoms with E-state index in [0.717, 1.165) is 0 Å². The van der Waals surface area contributed by atoms with E-state index in [-0.39, 0.29) is 5.75 Å². The summed E-state index contributed by atoms with van der Waals surface area (Å²) in [6.45, 7) is 0.553. The number of benzene rings is 1. The van der Waals surface area contributed by atoms with Crippen LogP contribution in [0.1, 0.15) is 0 Å². The van der Waals surface area contributed by atoms with Crippen LogP contribution in [0.4, 0.5) is 0 Å². The van der Waals surface area contributed by atoms with Gasteiger partial charge in [0.05, 0.1) is 10.6 Å². The molecular formula is C10H15NO2S. The highest BCUT2D eigenvalue weighted by molar-refractivity contribution is 7.91. The average molecular weight is 213 g/mol.